The van der Waals surface area contributed by atoms with Crippen molar-refractivity contribution < 1.29 is 18.0 Å². The van der Waals surface area contributed by atoms with Gasteiger partial charge in [0.1, 0.15) is 5.69 Å². The van der Waals surface area contributed by atoms with E-state index in [-0.39, 0.29) is 11.4 Å². The minimum atomic E-state index is -4.44. The Bertz CT molecular complexity index is 928. The Morgan fingerprint density at radius 2 is 1.83 bits per heavy atom. The molecule has 0 unspecified atom stereocenters. The minimum absolute atomic E-state index is 0.202. The molecule has 0 aliphatic carbocycles. The molecule has 4 nitrogen and oxygen atoms in total. The quantitative estimate of drug-likeness (QED) is 0.760. The summed E-state index contributed by atoms with van der Waals surface area (Å²) in [6.07, 6.45) is -4.44. The molecule has 7 heteroatoms. The molecule has 0 aliphatic heterocycles. The number of benzene rings is 2. The Morgan fingerprint density at radius 3 is 2.50 bits per heavy atom. The van der Waals surface area contributed by atoms with Crippen molar-refractivity contribution in [2.45, 2.75) is 6.18 Å². The Balaban J connectivity index is 2.14. The van der Waals surface area contributed by atoms with E-state index in [1.807, 2.05) is 0 Å². The summed E-state index contributed by atoms with van der Waals surface area (Å²) in [6, 6.07) is 12.0. The fourth-order valence-electron chi connectivity index (χ4n) is 2.73. The standard InChI is InChI=1S/C17H14F3N3O/c1-23-13-8-3-2-7-12(13)14(15(23)16(21)24)22-11-6-4-5-10(9-11)17(18,19)20/h2-9,22H,1H3,(H2,21,24). The maximum atomic E-state index is 12.9. The lowest BCUT2D eigenvalue weighted by Crippen LogP contribution is -2.16. The molecule has 0 bridgehead atoms. The second-order valence-corrected chi connectivity index (χ2v) is 5.37. The van der Waals surface area contributed by atoms with E-state index in [0.717, 1.165) is 17.6 Å². The third-order valence-electron chi connectivity index (χ3n) is 3.80. The molecular weight excluding hydrogens is 319 g/mol. The molecule has 24 heavy (non-hydrogen) atoms. The van der Waals surface area contributed by atoms with Crippen molar-refractivity contribution in [3.63, 3.8) is 0 Å². The number of aryl methyl sites for hydroxylation is 1. The molecule has 0 aliphatic rings. The van der Waals surface area contributed by atoms with Crippen LogP contribution in [0.25, 0.3) is 10.9 Å². The van der Waals surface area contributed by atoms with Gasteiger partial charge in [0.15, 0.2) is 0 Å². The average molecular weight is 333 g/mol. The van der Waals surface area contributed by atoms with Gasteiger partial charge in [-0.25, -0.2) is 0 Å². The van der Waals surface area contributed by atoms with Crippen molar-refractivity contribution in [3.8, 4) is 0 Å². The summed E-state index contributed by atoms with van der Waals surface area (Å²) in [7, 11) is 1.68. The molecule has 0 fully saturated rings. The molecule has 0 spiro atoms. The number of nitrogens with two attached hydrogens (primary N) is 1. The SMILES string of the molecule is Cn1c(C(N)=O)c(Nc2cccc(C(F)(F)F)c2)c2ccccc21. The van der Waals surface area contributed by atoms with E-state index < -0.39 is 17.6 Å². The zero-order valence-corrected chi connectivity index (χ0v) is 12.7. The maximum Gasteiger partial charge on any atom is 0.416 e. The summed E-state index contributed by atoms with van der Waals surface area (Å²) in [4.78, 5) is 11.8. The number of halogens is 3. The molecule has 1 heterocycles. The van der Waals surface area contributed by atoms with Crippen molar-refractivity contribution in [3.05, 3.63) is 59.8 Å². The van der Waals surface area contributed by atoms with E-state index in [9.17, 15) is 18.0 Å². The molecule has 1 aromatic heterocycles. The lowest BCUT2D eigenvalue weighted by Gasteiger charge is -2.11. The molecule has 3 N–H and O–H groups in total. The fourth-order valence-corrected chi connectivity index (χ4v) is 2.73. The third kappa shape index (κ3) is 2.68. The summed E-state index contributed by atoms with van der Waals surface area (Å²) in [5.41, 5.74) is 6.25. The van der Waals surface area contributed by atoms with E-state index >= 15 is 0 Å². The van der Waals surface area contributed by atoms with Crippen molar-refractivity contribution >= 4 is 28.2 Å². The maximum absolute atomic E-state index is 12.9. The van der Waals surface area contributed by atoms with Crippen molar-refractivity contribution in [2.75, 3.05) is 5.32 Å². The van der Waals surface area contributed by atoms with E-state index in [1.165, 1.54) is 12.1 Å². The number of fused-ring (bicyclic) bond motifs is 1. The van der Waals surface area contributed by atoms with Crippen LogP contribution < -0.4 is 11.1 Å². The zero-order chi connectivity index (χ0) is 17.5. The molecule has 124 valence electrons. The summed E-state index contributed by atoms with van der Waals surface area (Å²) in [5.74, 6) is -0.664. The van der Waals surface area contributed by atoms with Crippen molar-refractivity contribution in [2.24, 2.45) is 12.8 Å². The van der Waals surface area contributed by atoms with Gasteiger partial charge in [0.2, 0.25) is 0 Å². The molecule has 0 saturated heterocycles. The predicted molar refractivity (Wildman–Crippen MR) is 86.2 cm³/mol. The van der Waals surface area contributed by atoms with Gasteiger partial charge in [-0.2, -0.15) is 13.2 Å². The number of carbonyl (C=O) groups is 1. The lowest BCUT2D eigenvalue weighted by atomic mass is 10.1. The number of nitrogens with one attached hydrogen (secondary N) is 1. The van der Waals surface area contributed by atoms with Crippen LogP contribution in [0.3, 0.4) is 0 Å². The van der Waals surface area contributed by atoms with Crippen LogP contribution in [0.1, 0.15) is 16.1 Å². The molecule has 0 atom stereocenters. The first-order chi connectivity index (χ1) is 11.3. The number of carbonyl (C=O) groups excluding carboxylic acids is 1. The summed E-state index contributed by atoms with van der Waals surface area (Å²) in [6.45, 7) is 0. The van der Waals surface area contributed by atoms with Crippen LogP contribution in [0.5, 0.6) is 0 Å². The first-order valence-electron chi connectivity index (χ1n) is 7.10. The van der Waals surface area contributed by atoms with Gasteiger partial charge < -0.3 is 15.6 Å². The number of primary amides is 1. The number of hydrogen-bond acceptors (Lipinski definition) is 2. The number of rotatable bonds is 3. The van der Waals surface area contributed by atoms with E-state index in [1.54, 1.807) is 35.9 Å². The van der Waals surface area contributed by atoms with Crippen molar-refractivity contribution in [1.29, 1.82) is 0 Å². The number of aromatic nitrogens is 1. The molecule has 3 rings (SSSR count). The largest absolute Gasteiger partial charge is 0.416 e. The molecule has 0 radical (unpaired) electrons. The van der Waals surface area contributed by atoms with E-state index in [4.69, 9.17) is 5.73 Å². The number of nitrogens with zero attached hydrogens (tertiary/aromatic N) is 1. The monoisotopic (exact) mass is 333 g/mol. The number of para-hydroxylation sites is 1. The molecule has 0 saturated carbocycles. The Kier molecular flexibility index (Phi) is 3.71. The van der Waals surface area contributed by atoms with Gasteiger partial charge in [0.05, 0.1) is 16.8 Å². The van der Waals surface area contributed by atoms with Gasteiger partial charge in [-0.05, 0) is 24.3 Å². The lowest BCUT2D eigenvalue weighted by molar-refractivity contribution is -0.137. The number of amides is 1. The minimum Gasteiger partial charge on any atom is -0.364 e. The van der Waals surface area contributed by atoms with Gasteiger partial charge in [-0.15, -0.1) is 0 Å². The number of anilines is 2. The highest BCUT2D eigenvalue weighted by atomic mass is 19.4. The summed E-state index contributed by atoms with van der Waals surface area (Å²) >= 11 is 0. The summed E-state index contributed by atoms with van der Waals surface area (Å²) in [5, 5.41) is 3.61. The first-order valence-corrected chi connectivity index (χ1v) is 7.10. The number of alkyl halides is 3. The Morgan fingerprint density at radius 1 is 1.12 bits per heavy atom. The molecule has 3 aromatic rings. The fraction of sp³-hybridized carbons (Fsp3) is 0.118. The van der Waals surface area contributed by atoms with Crippen molar-refractivity contribution in [1.82, 2.24) is 4.57 Å². The van der Waals surface area contributed by atoms with Crippen LogP contribution in [0.15, 0.2) is 48.5 Å². The average Bonchev–Trinajstić information content (AvgIpc) is 2.80. The van der Waals surface area contributed by atoms with Crippen LogP contribution in [0.4, 0.5) is 24.5 Å². The van der Waals surface area contributed by atoms with Crippen LogP contribution in [0, 0.1) is 0 Å². The highest BCUT2D eigenvalue weighted by Crippen LogP contribution is 2.35. The van der Waals surface area contributed by atoms with Gasteiger partial charge in [-0.1, -0.05) is 24.3 Å². The number of hydrogen-bond donors (Lipinski definition) is 2. The van der Waals surface area contributed by atoms with Gasteiger partial charge in [-0.3, -0.25) is 4.79 Å². The highest BCUT2D eigenvalue weighted by molar-refractivity contribution is 6.09. The Labute approximate surface area is 135 Å². The van der Waals surface area contributed by atoms with Crippen LogP contribution in [-0.4, -0.2) is 10.5 Å². The van der Waals surface area contributed by atoms with E-state index in [2.05, 4.69) is 5.32 Å². The van der Waals surface area contributed by atoms with Gasteiger partial charge >= 0.3 is 6.18 Å². The second kappa shape index (κ2) is 5.59. The third-order valence-corrected chi connectivity index (χ3v) is 3.80. The first kappa shape index (κ1) is 15.9. The zero-order valence-electron chi connectivity index (χ0n) is 12.7. The molecule has 2 aromatic carbocycles. The van der Waals surface area contributed by atoms with Crippen LogP contribution in [0.2, 0.25) is 0 Å². The van der Waals surface area contributed by atoms with Crippen LogP contribution in [-0.2, 0) is 13.2 Å². The molecule has 1 amide bonds. The van der Waals surface area contributed by atoms with Gasteiger partial charge in [0.25, 0.3) is 5.91 Å². The normalized spacial score (nSPS) is 11.7. The summed E-state index contributed by atoms with van der Waals surface area (Å²) < 4.78 is 40.2. The smallest absolute Gasteiger partial charge is 0.364 e. The topological polar surface area (TPSA) is 60.0 Å². The van der Waals surface area contributed by atoms with E-state index in [0.29, 0.717) is 11.1 Å². The van der Waals surface area contributed by atoms with Gasteiger partial charge in [0, 0.05) is 18.1 Å². The Hall–Kier alpha value is -2.96. The predicted octanol–water partition coefficient (Wildman–Crippen LogP) is 4.04. The molecular formula is C17H14F3N3O. The highest BCUT2D eigenvalue weighted by Gasteiger charge is 2.30. The van der Waals surface area contributed by atoms with Crippen LogP contribution >= 0.6 is 0 Å². The second-order valence-electron chi connectivity index (χ2n) is 5.37.